The summed E-state index contributed by atoms with van der Waals surface area (Å²) in [5, 5.41) is 0. The van der Waals surface area contributed by atoms with Crippen LogP contribution in [0.15, 0.2) is 18.2 Å². The Labute approximate surface area is 103 Å². The van der Waals surface area contributed by atoms with Crippen LogP contribution in [0, 0.1) is 0 Å². The van der Waals surface area contributed by atoms with Crippen molar-refractivity contribution in [1.82, 2.24) is 5.48 Å². The van der Waals surface area contributed by atoms with Gasteiger partial charge in [0.15, 0.2) is 0 Å². The van der Waals surface area contributed by atoms with E-state index in [1.54, 1.807) is 7.11 Å². The molecule has 1 aromatic carbocycles. The molecule has 1 aliphatic heterocycles. The summed E-state index contributed by atoms with van der Waals surface area (Å²) in [6.45, 7) is 5.20. The quantitative estimate of drug-likeness (QED) is 0.816. The van der Waals surface area contributed by atoms with Crippen LogP contribution < -0.4 is 10.2 Å². The summed E-state index contributed by atoms with van der Waals surface area (Å²) in [4.78, 5) is 5.09. The highest BCUT2D eigenvalue weighted by Gasteiger charge is 2.20. The summed E-state index contributed by atoms with van der Waals surface area (Å²) < 4.78 is 5.76. The number of hydroxylamine groups is 1. The fraction of sp³-hybridized carbons (Fsp3) is 0.571. The SMILES string of the molecule is CONC1CCCOc2ccc(C(C)C)cc21. The molecule has 0 fully saturated rings. The van der Waals surface area contributed by atoms with Crippen LogP contribution in [-0.2, 0) is 4.84 Å². The van der Waals surface area contributed by atoms with Crippen molar-refractivity contribution in [3.8, 4) is 5.75 Å². The van der Waals surface area contributed by atoms with Crippen LogP contribution in [0.2, 0.25) is 0 Å². The van der Waals surface area contributed by atoms with Gasteiger partial charge in [-0.1, -0.05) is 26.0 Å². The highest BCUT2D eigenvalue weighted by atomic mass is 16.6. The molecule has 2 rings (SSSR count). The smallest absolute Gasteiger partial charge is 0.124 e. The van der Waals surface area contributed by atoms with Crippen LogP contribution in [0.5, 0.6) is 5.75 Å². The van der Waals surface area contributed by atoms with E-state index < -0.39 is 0 Å². The van der Waals surface area contributed by atoms with Crippen LogP contribution in [0.4, 0.5) is 0 Å². The molecule has 0 saturated heterocycles. The van der Waals surface area contributed by atoms with Gasteiger partial charge in [-0.15, -0.1) is 0 Å². The van der Waals surface area contributed by atoms with Crippen LogP contribution in [0.3, 0.4) is 0 Å². The minimum Gasteiger partial charge on any atom is -0.493 e. The minimum absolute atomic E-state index is 0.233. The molecule has 3 heteroatoms. The normalized spacial score (nSPS) is 19.6. The minimum atomic E-state index is 0.233. The van der Waals surface area contributed by atoms with Gasteiger partial charge in [-0.05, 0) is 30.4 Å². The Hall–Kier alpha value is -1.06. The van der Waals surface area contributed by atoms with Crippen molar-refractivity contribution in [2.45, 2.75) is 38.6 Å². The molecule has 1 N–H and O–H groups in total. The average Bonchev–Trinajstić information content (AvgIpc) is 2.52. The molecule has 0 aromatic heterocycles. The van der Waals surface area contributed by atoms with E-state index in [0.29, 0.717) is 5.92 Å². The van der Waals surface area contributed by atoms with Crippen LogP contribution >= 0.6 is 0 Å². The van der Waals surface area contributed by atoms with E-state index in [1.807, 2.05) is 0 Å². The number of fused-ring (bicyclic) bond motifs is 1. The lowest BCUT2D eigenvalue weighted by molar-refractivity contribution is 0.0579. The molecule has 1 aliphatic rings. The van der Waals surface area contributed by atoms with Gasteiger partial charge in [0.05, 0.1) is 19.8 Å². The summed E-state index contributed by atoms with van der Waals surface area (Å²) in [5.41, 5.74) is 5.63. The largest absolute Gasteiger partial charge is 0.493 e. The first-order chi connectivity index (χ1) is 8.22. The monoisotopic (exact) mass is 235 g/mol. The third-order valence-electron chi connectivity index (χ3n) is 3.23. The van der Waals surface area contributed by atoms with Crippen LogP contribution in [0.25, 0.3) is 0 Å². The summed E-state index contributed by atoms with van der Waals surface area (Å²) >= 11 is 0. The standard InChI is InChI=1S/C14H21NO2/c1-10(2)11-6-7-14-12(9-11)13(15-16-3)5-4-8-17-14/h6-7,9-10,13,15H,4-5,8H2,1-3H3. The van der Waals surface area contributed by atoms with Crippen LogP contribution in [-0.4, -0.2) is 13.7 Å². The summed E-state index contributed by atoms with van der Waals surface area (Å²) in [6, 6.07) is 6.71. The second-order valence-electron chi connectivity index (χ2n) is 4.82. The maximum Gasteiger partial charge on any atom is 0.124 e. The molecule has 1 aromatic rings. The number of benzene rings is 1. The maximum atomic E-state index is 5.76. The first kappa shape index (κ1) is 12.4. The second kappa shape index (κ2) is 5.52. The molecule has 0 aliphatic carbocycles. The molecule has 1 atom stereocenters. The van der Waals surface area contributed by atoms with Gasteiger partial charge >= 0.3 is 0 Å². The Morgan fingerprint density at radius 2 is 2.24 bits per heavy atom. The van der Waals surface area contributed by atoms with E-state index in [4.69, 9.17) is 9.57 Å². The zero-order valence-corrected chi connectivity index (χ0v) is 10.8. The molecular formula is C14H21NO2. The molecule has 0 saturated carbocycles. The van der Waals surface area contributed by atoms with E-state index in [9.17, 15) is 0 Å². The van der Waals surface area contributed by atoms with Crippen molar-refractivity contribution in [2.75, 3.05) is 13.7 Å². The van der Waals surface area contributed by atoms with E-state index in [0.717, 1.165) is 25.2 Å². The van der Waals surface area contributed by atoms with Gasteiger partial charge in [0.2, 0.25) is 0 Å². The van der Waals surface area contributed by atoms with Gasteiger partial charge in [-0.2, -0.15) is 5.48 Å². The van der Waals surface area contributed by atoms with E-state index in [1.165, 1.54) is 11.1 Å². The molecule has 0 radical (unpaired) electrons. The fourth-order valence-corrected chi connectivity index (χ4v) is 2.22. The number of hydrogen-bond acceptors (Lipinski definition) is 3. The van der Waals surface area contributed by atoms with Crippen molar-refractivity contribution >= 4 is 0 Å². The summed E-state index contributed by atoms with van der Waals surface area (Å²) in [7, 11) is 1.66. The zero-order valence-electron chi connectivity index (χ0n) is 10.8. The van der Waals surface area contributed by atoms with Gasteiger partial charge in [0, 0.05) is 5.56 Å². The molecule has 1 heterocycles. The van der Waals surface area contributed by atoms with Gasteiger partial charge < -0.3 is 9.57 Å². The highest BCUT2D eigenvalue weighted by molar-refractivity contribution is 5.41. The average molecular weight is 235 g/mol. The number of nitrogens with one attached hydrogen (secondary N) is 1. The molecule has 0 amide bonds. The number of ether oxygens (including phenoxy) is 1. The van der Waals surface area contributed by atoms with Crippen LogP contribution in [0.1, 0.15) is 49.8 Å². The van der Waals surface area contributed by atoms with Crippen molar-refractivity contribution < 1.29 is 9.57 Å². The maximum absolute atomic E-state index is 5.76. The number of rotatable bonds is 3. The van der Waals surface area contributed by atoms with Gasteiger partial charge in [0.1, 0.15) is 5.75 Å². The highest BCUT2D eigenvalue weighted by Crippen LogP contribution is 2.33. The third-order valence-corrected chi connectivity index (χ3v) is 3.23. The molecule has 3 nitrogen and oxygen atoms in total. The summed E-state index contributed by atoms with van der Waals surface area (Å²) in [6.07, 6.45) is 2.09. The van der Waals surface area contributed by atoms with Gasteiger partial charge in [-0.25, -0.2) is 0 Å². The topological polar surface area (TPSA) is 30.5 Å². The van der Waals surface area contributed by atoms with Crippen molar-refractivity contribution in [3.05, 3.63) is 29.3 Å². The first-order valence-corrected chi connectivity index (χ1v) is 6.27. The fourth-order valence-electron chi connectivity index (χ4n) is 2.22. The molecule has 0 bridgehead atoms. The van der Waals surface area contributed by atoms with E-state index >= 15 is 0 Å². The zero-order chi connectivity index (χ0) is 12.3. The van der Waals surface area contributed by atoms with Crippen molar-refractivity contribution in [3.63, 3.8) is 0 Å². The lowest BCUT2D eigenvalue weighted by Gasteiger charge is -2.18. The molecule has 1 unspecified atom stereocenters. The Bertz CT molecular complexity index is 376. The number of hydrogen-bond donors (Lipinski definition) is 1. The molecule has 94 valence electrons. The first-order valence-electron chi connectivity index (χ1n) is 6.27. The van der Waals surface area contributed by atoms with E-state index in [2.05, 4.69) is 37.5 Å². The Morgan fingerprint density at radius 3 is 2.94 bits per heavy atom. The molecule has 17 heavy (non-hydrogen) atoms. The Kier molecular flexibility index (Phi) is 4.02. The summed E-state index contributed by atoms with van der Waals surface area (Å²) in [5.74, 6) is 1.52. The Balaban J connectivity index is 2.35. The van der Waals surface area contributed by atoms with Gasteiger partial charge in [0.25, 0.3) is 0 Å². The van der Waals surface area contributed by atoms with Gasteiger partial charge in [-0.3, -0.25) is 0 Å². The molecule has 0 spiro atoms. The second-order valence-corrected chi connectivity index (χ2v) is 4.82. The molecular weight excluding hydrogens is 214 g/mol. The van der Waals surface area contributed by atoms with Crippen molar-refractivity contribution in [2.24, 2.45) is 0 Å². The lowest BCUT2D eigenvalue weighted by atomic mass is 9.96. The Morgan fingerprint density at radius 1 is 1.41 bits per heavy atom. The third kappa shape index (κ3) is 2.79. The van der Waals surface area contributed by atoms with E-state index in [-0.39, 0.29) is 6.04 Å². The van der Waals surface area contributed by atoms with Crippen molar-refractivity contribution in [1.29, 1.82) is 0 Å². The predicted octanol–water partition coefficient (Wildman–Crippen LogP) is 3.17. The predicted molar refractivity (Wildman–Crippen MR) is 68.1 cm³/mol. The lowest BCUT2D eigenvalue weighted by Crippen LogP contribution is -2.19.